The molecule has 0 radical (unpaired) electrons. The number of thiazole rings is 1. The third-order valence-electron chi connectivity index (χ3n) is 3.18. The molecule has 6 heteroatoms. The summed E-state index contributed by atoms with van der Waals surface area (Å²) in [5, 5.41) is 3.41. The van der Waals surface area contributed by atoms with E-state index in [0.717, 1.165) is 22.7 Å². The molecule has 1 aromatic heterocycles. The van der Waals surface area contributed by atoms with Crippen LogP contribution in [0, 0.1) is 5.92 Å². The molecule has 0 atom stereocenters. The average molecular weight is 291 g/mol. The molecule has 0 unspecified atom stereocenters. The zero-order chi connectivity index (χ0) is 13.9. The van der Waals surface area contributed by atoms with Crippen LogP contribution >= 0.6 is 11.3 Å². The normalized spacial score (nSPS) is 14.6. The number of hydrogen-bond donors (Lipinski definition) is 2. The number of nitrogens with one attached hydrogen (secondary N) is 1. The Morgan fingerprint density at radius 1 is 1.50 bits per heavy atom. The van der Waals surface area contributed by atoms with Crippen LogP contribution in [0.1, 0.15) is 19.3 Å². The maximum atomic E-state index is 11.8. The largest absolute Gasteiger partial charge is 0.399 e. The van der Waals surface area contributed by atoms with Crippen LogP contribution < -0.4 is 11.1 Å². The number of aromatic nitrogens is 1. The van der Waals surface area contributed by atoms with Crippen molar-refractivity contribution < 1.29 is 9.53 Å². The van der Waals surface area contributed by atoms with Gasteiger partial charge in [-0.15, -0.1) is 0 Å². The number of hydrogen-bond acceptors (Lipinski definition) is 5. The first-order chi connectivity index (χ1) is 9.70. The predicted molar refractivity (Wildman–Crippen MR) is 80.8 cm³/mol. The molecule has 1 aliphatic carbocycles. The van der Waals surface area contributed by atoms with E-state index in [-0.39, 0.29) is 5.91 Å². The average Bonchev–Trinajstić information content (AvgIpc) is 3.15. The molecule has 1 aromatic carbocycles. The van der Waals surface area contributed by atoms with Gasteiger partial charge in [-0.05, 0) is 37.0 Å². The molecule has 1 heterocycles. The summed E-state index contributed by atoms with van der Waals surface area (Å²) in [4.78, 5) is 16.1. The van der Waals surface area contributed by atoms with Crippen molar-refractivity contribution in [2.75, 3.05) is 24.3 Å². The molecule has 3 N–H and O–H groups in total. The molecule has 3 rings (SSSR count). The summed E-state index contributed by atoms with van der Waals surface area (Å²) in [5.74, 6) is 0.667. The van der Waals surface area contributed by atoms with E-state index < -0.39 is 0 Å². The van der Waals surface area contributed by atoms with E-state index in [9.17, 15) is 4.79 Å². The summed E-state index contributed by atoms with van der Waals surface area (Å²) in [6.07, 6.45) is 2.90. The maximum Gasteiger partial charge on any atom is 0.228 e. The lowest BCUT2D eigenvalue weighted by atomic mass is 10.3. The fourth-order valence-electron chi connectivity index (χ4n) is 1.88. The SMILES string of the molecule is Nc1ccc2nc(NC(=O)CCOCC3CC3)sc2c1. The summed E-state index contributed by atoms with van der Waals surface area (Å²) in [6, 6.07) is 5.52. The number of carbonyl (C=O) groups is 1. The van der Waals surface area contributed by atoms with E-state index in [1.54, 1.807) is 6.07 Å². The van der Waals surface area contributed by atoms with Gasteiger partial charge in [0.1, 0.15) is 0 Å². The van der Waals surface area contributed by atoms with Gasteiger partial charge < -0.3 is 15.8 Å². The molecule has 106 valence electrons. The van der Waals surface area contributed by atoms with Crippen LogP contribution in [0.2, 0.25) is 0 Å². The Morgan fingerprint density at radius 3 is 3.15 bits per heavy atom. The third-order valence-corrected chi connectivity index (χ3v) is 4.12. The summed E-state index contributed by atoms with van der Waals surface area (Å²) < 4.78 is 6.42. The number of anilines is 2. The summed E-state index contributed by atoms with van der Waals surface area (Å²) >= 11 is 1.43. The molecule has 0 saturated heterocycles. The highest BCUT2D eigenvalue weighted by Gasteiger charge is 2.21. The molecule has 1 aliphatic rings. The minimum Gasteiger partial charge on any atom is -0.399 e. The van der Waals surface area contributed by atoms with Crippen molar-refractivity contribution in [2.24, 2.45) is 5.92 Å². The molecule has 20 heavy (non-hydrogen) atoms. The summed E-state index contributed by atoms with van der Waals surface area (Å²) in [5.41, 5.74) is 7.27. The number of rotatable bonds is 6. The molecular weight excluding hydrogens is 274 g/mol. The first-order valence-corrected chi connectivity index (χ1v) is 7.56. The van der Waals surface area contributed by atoms with Gasteiger partial charge in [-0.1, -0.05) is 11.3 Å². The van der Waals surface area contributed by atoms with Crippen LogP contribution in [0.3, 0.4) is 0 Å². The van der Waals surface area contributed by atoms with Crippen molar-refractivity contribution in [2.45, 2.75) is 19.3 Å². The number of fused-ring (bicyclic) bond motifs is 1. The van der Waals surface area contributed by atoms with Crippen molar-refractivity contribution in [1.29, 1.82) is 0 Å². The monoisotopic (exact) mass is 291 g/mol. The van der Waals surface area contributed by atoms with Gasteiger partial charge in [-0.2, -0.15) is 0 Å². The molecule has 1 fully saturated rings. The Labute approximate surface area is 121 Å². The Balaban J connectivity index is 1.50. The number of amides is 1. The molecule has 0 bridgehead atoms. The molecule has 2 aromatic rings. The quantitative estimate of drug-likeness (QED) is 0.633. The molecule has 0 aliphatic heterocycles. The van der Waals surface area contributed by atoms with Crippen LogP contribution in [0.15, 0.2) is 18.2 Å². The van der Waals surface area contributed by atoms with Crippen molar-refractivity contribution >= 4 is 38.3 Å². The van der Waals surface area contributed by atoms with E-state index >= 15 is 0 Å². The minimum absolute atomic E-state index is 0.0622. The second-order valence-electron chi connectivity index (χ2n) is 5.06. The van der Waals surface area contributed by atoms with Crippen LogP contribution in [0.5, 0.6) is 0 Å². The zero-order valence-electron chi connectivity index (χ0n) is 11.1. The topological polar surface area (TPSA) is 77.2 Å². The molecule has 0 spiro atoms. The molecular formula is C14H17N3O2S. The van der Waals surface area contributed by atoms with Gasteiger partial charge in [-0.25, -0.2) is 4.98 Å². The van der Waals surface area contributed by atoms with Crippen molar-refractivity contribution in [1.82, 2.24) is 4.98 Å². The number of nitrogens with zero attached hydrogens (tertiary/aromatic N) is 1. The lowest BCUT2D eigenvalue weighted by Gasteiger charge is -2.02. The second kappa shape index (κ2) is 5.76. The van der Waals surface area contributed by atoms with E-state index in [0.29, 0.717) is 23.8 Å². The fraction of sp³-hybridized carbons (Fsp3) is 0.429. The Bertz CT molecular complexity index is 622. The Hall–Kier alpha value is -1.66. The highest BCUT2D eigenvalue weighted by molar-refractivity contribution is 7.22. The van der Waals surface area contributed by atoms with Crippen molar-refractivity contribution in [3.05, 3.63) is 18.2 Å². The van der Waals surface area contributed by atoms with Gasteiger partial charge >= 0.3 is 0 Å². The van der Waals surface area contributed by atoms with Gasteiger partial charge in [0, 0.05) is 12.3 Å². The maximum absolute atomic E-state index is 11.8. The van der Waals surface area contributed by atoms with Crippen LogP contribution in [-0.4, -0.2) is 24.1 Å². The number of carbonyl (C=O) groups excluding carboxylic acids is 1. The lowest BCUT2D eigenvalue weighted by Crippen LogP contribution is -2.14. The highest BCUT2D eigenvalue weighted by atomic mass is 32.1. The van der Waals surface area contributed by atoms with Crippen molar-refractivity contribution in [3.63, 3.8) is 0 Å². The van der Waals surface area contributed by atoms with Gasteiger partial charge in [-0.3, -0.25) is 4.79 Å². The van der Waals surface area contributed by atoms with Gasteiger partial charge in [0.2, 0.25) is 5.91 Å². The number of ether oxygens (including phenoxy) is 1. The number of nitrogen functional groups attached to an aromatic ring is 1. The van der Waals surface area contributed by atoms with Gasteiger partial charge in [0.05, 0.1) is 23.2 Å². The van der Waals surface area contributed by atoms with Crippen LogP contribution in [0.4, 0.5) is 10.8 Å². The Kier molecular flexibility index (Phi) is 3.84. The zero-order valence-corrected chi connectivity index (χ0v) is 11.9. The van der Waals surface area contributed by atoms with E-state index in [1.807, 2.05) is 12.1 Å². The third kappa shape index (κ3) is 3.46. The van der Waals surface area contributed by atoms with Gasteiger partial charge in [0.15, 0.2) is 5.13 Å². The second-order valence-corrected chi connectivity index (χ2v) is 6.09. The standard InChI is InChI=1S/C14H17N3O2S/c15-10-3-4-11-12(7-10)20-14(16-11)17-13(18)5-6-19-8-9-1-2-9/h3-4,7,9H,1-2,5-6,8,15H2,(H,16,17,18). The molecule has 1 saturated carbocycles. The molecule has 5 nitrogen and oxygen atoms in total. The minimum atomic E-state index is -0.0622. The van der Waals surface area contributed by atoms with E-state index in [4.69, 9.17) is 10.5 Å². The highest BCUT2D eigenvalue weighted by Crippen LogP contribution is 2.29. The number of benzene rings is 1. The van der Waals surface area contributed by atoms with Crippen LogP contribution in [-0.2, 0) is 9.53 Å². The lowest BCUT2D eigenvalue weighted by molar-refractivity contribution is -0.117. The van der Waals surface area contributed by atoms with Crippen LogP contribution in [0.25, 0.3) is 10.2 Å². The summed E-state index contributed by atoms with van der Waals surface area (Å²) in [7, 11) is 0. The first-order valence-electron chi connectivity index (χ1n) is 6.74. The van der Waals surface area contributed by atoms with Crippen molar-refractivity contribution in [3.8, 4) is 0 Å². The predicted octanol–water partition coefficient (Wildman–Crippen LogP) is 2.63. The van der Waals surface area contributed by atoms with E-state index in [2.05, 4.69) is 10.3 Å². The Morgan fingerprint density at radius 2 is 2.35 bits per heavy atom. The fourth-order valence-corrected chi connectivity index (χ4v) is 2.81. The number of nitrogens with two attached hydrogens (primary N) is 1. The summed E-state index contributed by atoms with van der Waals surface area (Å²) in [6.45, 7) is 1.26. The molecule has 1 amide bonds. The van der Waals surface area contributed by atoms with Gasteiger partial charge in [0.25, 0.3) is 0 Å². The first kappa shape index (κ1) is 13.3. The smallest absolute Gasteiger partial charge is 0.228 e. The van der Waals surface area contributed by atoms with E-state index in [1.165, 1.54) is 24.2 Å².